The van der Waals surface area contributed by atoms with Crippen molar-refractivity contribution in [2.24, 2.45) is 16.7 Å². The Morgan fingerprint density at radius 1 is 1.11 bits per heavy atom. The number of aliphatic hydroxyl groups is 1. The van der Waals surface area contributed by atoms with Gasteiger partial charge in [0.25, 0.3) is 0 Å². The van der Waals surface area contributed by atoms with Crippen LogP contribution in [0.1, 0.15) is 60.8 Å². The summed E-state index contributed by atoms with van der Waals surface area (Å²) >= 11 is 0. The maximum absolute atomic E-state index is 10.3. The van der Waals surface area contributed by atoms with E-state index in [1.54, 1.807) is 0 Å². The fourth-order valence-electron chi connectivity index (χ4n) is 1.95. The monoisotopic (exact) mass is 252 g/mol. The molecule has 18 heavy (non-hydrogen) atoms. The molecule has 0 rings (SSSR count). The van der Waals surface area contributed by atoms with Gasteiger partial charge < -0.3 is 5.11 Å². The first kappa shape index (κ1) is 17.4. The molecule has 0 heterocycles. The summed E-state index contributed by atoms with van der Waals surface area (Å²) in [6.45, 7) is 17.1. The van der Waals surface area contributed by atoms with E-state index in [1.165, 1.54) is 0 Å². The molecule has 0 spiro atoms. The van der Waals surface area contributed by atoms with Gasteiger partial charge in [-0.05, 0) is 17.3 Å². The number of allylic oxidation sites excluding steroid dienone is 1. The maximum Gasteiger partial charge on any atom is 0.0788 e. The van der Waals surface area contributed by atoms with Gasteiger partial charge in [-0.2, -0.15) is 0 Å². The minimum Gasteiger partial charge on any atom is -0.388 e. The zero-order valence-electron chi connectivity index (χ0n) is 13.2. The molecule has 0 aliphatic rings. The van der Waals surface area contributed by atoms with Crippen molar-refractivity contribution in [3.63, 3.8) is 0 Å². The van der Waals surface area contributed by atoms with E-state index in [4.69, 9.17) is 0 Å². The van der Waals surface area contributed by atoms with Crippen molar-refractivity contribution in [2.45, 2.75) is 66.9 Å². The van der Waals surface area contributed by atoms with Crippen LogP contribution in [0, 0.1) is 16.7 Å². The summed E-state index contributed by atoms with van der Waals surface area (Å²) in [5.41, 5.74) is 0.409. The molecule has 0 saturated carbocycles. The van der Waals surface area contributed by atoms with Crippen LogP contribution in [0.5, 0.6) is 0 Å². The highest BCUT2D eigenvalue weighted by atomic mass is 16.3. The third kappa shape index (κ3) is 5.39. The molecule has 1 N–H and O–H groups in total. The molecule has 0 aromatic carbocycles. The molecule has 1 unspecified atom stereocenters. The molecular formula is C17H32O. The largest absolute Gasteiger partial charge is 0.388 e. The Morgan fingerprint density at radius 2 is 1.67 bits per heavy atom. The molecule has 1 nitrogen and oxygen atoms in total. The van der Waals surface area contributed by atoms with E-state index >= 15 is 0 Å². The van der Waals surface area contributed by atoms with Gasteiger partial charge in [0.1, 0.15) is 0 Å². The molecule has 0 aromatic heterocycles. The van der Waals surface area contributed by atoms with Crippen LogP contribution in [0.3, 0.4) is 0 Å². The highest BCUT2D eigenvalue weighted by molar-refractivity contribution is 5.03. The number of aliphatic hydroxyl groups excluding tert-OH is 1. The molecule has 0 aliphatic carbocycles. The van der Waals surface area contributed by atoms with E-state index in [0.717, 1.165) is 19.3 Å². The van der Waals surface area contributed by atoms with Gasteiger partial charge >= 0.3 is 0 Å². The minimum absolute atomic E-state index is 0.0891. The van der Waals surface area contributed by atoms with Crippen LogP contribution in [-0.2, 0) is 0 Å². The fourth-order valence-corrected chi connectivity index (χ4v) is 1.95. The Kier molecular flexibility index (Phi) is 6.91. The smallest absolute Gasteiger partial charge is 0.0788 e. The lowest BCUT2D eigenvalue weighted by Crippen LogP contribution is -2.31. The topological polar surface area (TPSA) is 20.2 Å². The van der Waals surface area contributed by atoms with Crippen molar-refractivity contribution in [3.05, 3.63) is 24.8 Å². The highest BCUT2D eigenvalue weighted by Crippen LogP contribution is 2.34. The molecule has 1 heteroatoms. The maximum atomic E-state index is 10.3. The predicted octanol–water partition coefficient (Wildman–Crippen LogP) is 4.97. The minimum atomic E-state index is -0.426. The van der Waals surface area contributed by atoms with Crippen LogP contribution >= 0.6 is 0 Å². The number of hydrogen-bond acceptors (Lipinski definition) is 1. The van der Waals surface area contributed by atoms with Gasteiger partial charge in [0.15, 0.2) is 0 Å². The molecule has 0 aromatic rings. The lowest BCUT2D eigenvalue weighted by Gasteiger charge is -2.33. The third-order valence-electron chi connectivity index (χ3n) is 4.40. The molecule has 106 valence electrons. The lowest BCUT2D eigenvalue weighted by atomic mass is 9.73. The van der Waals surface area contributed by atoms with Crippen molar-refractivity contribution in [2.75, 3.05) is 0 Å². The summed E-state index contributed by atoms with van der Waals surface area (Å²) in [6.07, 6.45) is 8.73. The van der Waals surface area contributed by atoms with Crippen molar-refractivity contribution in [1.82, 2.24) is 0 Å². The van der Waals surface area contributed by atoms with E-state index in [2.05, 4.69) is 54.2 Å². The third-order valence-corrected chi connectivity index (χ3v) is 4.40. The predicted molar refractivity (Wildman–Crippen MR) is 81.6 cm³/mol. The summed E-state index contributed by atoms with van der Waals surface area (Å²) in [5.74, 6) is 0.114. The fraction of sp³-hybridized carbons (Fsp3) is 0.765. The Balaban J connectivity index is 4.59. The standard InChI is InChI=1S/C17H32O/c1-8-14(17(6,7)10-3)15(18)12-11-13-16(4,5)9-2/h8,11-12,14-15,18H,1,9-10,13H2,2-7H3/b12-11-/t14-,15?/m0/s1. The average Bonchev–Trinajstić information content (AvgIpc) is 2.29. The Hall–Kier alpha value is -0.560. The first-order valence-electron chi connectivity index (χ1n) is 7.17. The van der Waals surface area contributed by atoms with E-state index < -0.39 is 6.10 Å². The second kappa shape index (κ2) is 7.13. The number of hydrogen-bond donors (Lipinski definition) is 1. The molecule has 0 saturated heterocycles. The summed E-state index contributed by atoms with van der Waals surface area (Å²) in [4.78, 5) is 0. The highest BCUT2D eigenvalue weighted by Gasteiger charge is 2.29. The normalized spacial score (nSPS) is 16.8. The van der Waals surface area contributed by atoms with Crippen molar-refractivity contribution < 1.29 is 5.11 Å². The molecule has 0 radical (unpaired) electrons. The van der Waals surface area contributed by atoms with Crippen LogP contribution < -0.4 is 0 Å². The van der Waals surface area contributed by atoms with E-state index in [0.29, 0.717) is 5.41 Å². The van der Waals surface area contributed by atoms with Crippen molar-refractivity contribution in [3.8, 4) is 0 Å². The van der Waals surface area contributed by atoms with Crippen LogP contribution in [-0.4, -0.2) is 11.2 Å². The van der Waals surface area contributed by atoms with Crippen molar-refractivity contribution >= 4 is 0 Å². The molecule has 2 atom stereocenters. The summed E-state index contributed by atoms with van der Waals surface area (Å²) < 4.78 is 0. The second-order valence-corrected chi connectivity index (χ2v) is 6.74. The lowest BCUT2D eigenvalue weighted by molar-refractivity contribution is 0.0947. The summed E-state index contributed by atoms with van der Waals surface area (Å²) in [6, 6.07) is 0. The van der Waals surface area contributed by atoms with Crippen LogP contribution in [0.4, 0.5) is 0 Å². The molecule has 0 amide bonds. The van der Waals surface area contributed by atoms with Crippen LogP contribution in [0.25, 0.3) is 0 Å². The van der Waals surface area contributed by atoms with Gasteiger partial charge in [-0.25, -0.2) is 0 Å². The van der Waals surface area contributed by atoms with Gasteiger partial charge in [-0.1, -0.05) is 72.6 Å². The summed E-state index contributed by atoms with van der Waals surface area (Å²) in [7, 11) is 0. The Bertz CT molecular complexity index is 273. The first-order valence-corrected chi connectivity index (χ1v) is 7.17. The molecule has 0 aliphatic heterocycles. The molecule has 0 bridgehead atoms. The Labute approximate surface area is 114 Å². The zero-order valence-corrected chi connectivity index (χ0v) is 13.2. The van der Waals surface area contributed by atoms with Crippen molar-refractivity contribution in [1.29, 1.82) is 0 Å². The van der Waals surface area contributed by atoms with Crippen LogP contribution in [0.2, 0.25) is 0 Å². The van der Waals surface area contributed by atoms with Crippen LogP contribution in [0.15, 0.2) is 24.8 Å². The van der Waals surface area contributed by atoms with Gasteiger partial charge in [-0.15, -0.1) is 6.58 Å². The number of rotatable bonds is 8. The van der Waals surface area contributed by atoms with E-state index in [-0.39, 0.29) is 11.3 Å². The van der Waals surface area contributed by atoms with Gasteiger partial charge in [0.05, 0.1) is 6.10 Å². The molecule has 0 fully saturated rings. The van der Waals surface area contributed by atoms with Gasteiger partial charge in [-0.3, -0.25) is 0 Å². The van der Waals surface area contributed by atoms with E-state index in [1.807, 2.05) is 12.2 Å². The second-order valence-electron chi connectivity index (χ2n) is 6.74. The molecular weight excluding hydrogens is 220 g/mol. The quantitative estimate of drug-likeness (QED) is 0.605. The summed E-state index contributed by atoms with van der Waals surface area (Å²) in [5, 5.41) is 10.3. The zero-order chi connectivity index (χ0) is 14.4. The SMILES string of the molecule is C=C[C@@H](C(O)/C=C\CC(C)(C)CC)C(C)(C)CC. The average molecular weight is 252 g/mol. The Morgan fingerprint density at radius 3 is 2.06 bits per heavy atom. The van der Waals surface area contributed by atoms with E-state index in [9.17, 15) is 5.11 Å². The first-order chi connectivity index (χ1) is 8.20. The van der Waals surface area contributed by atoms with Gasteiger partial charge in [0, 0.05) is 5.92 Å². The van der Waals surface area contributed by atoms with Gasteiger partial charge in [0.2, 0.25) is 0 Å².